The summed E-state index contributed by atoms with van der Waals surface area (Å²) in [6, 6.07) is 0. The number of hydrogen-bond acceptors (Lipinski definition) is 4. The zero-order chi connectivity index (χ0) is 18.1. The molecule has 2 N–H and O–H groups in total. The summed E-state index contributed by atoms with van der Waals surface area (Å²) in [6.07, 6.45) is 7.46. The van der Waals surface area contributed by atoms with E-state index >= 15 is 0 Å². The van der Waals surface area contributed by atoms with Crippen LogP contribution in [-0.2, 0) is 9.53 Å². The summed E-state index contributed by atoms with van der Waals surface area (Å²) in [5.41, 5.74) is -0.236. The molecule has 2 aliphatic rings. The molecule has 2 rings (SSSR count). The molecule has 0 aromatic carbocycles. The second-order valence-corrected chi connectivity index (χ2v) is 7.16. The number of ether oxygens (including phenoxy) is 1. The van der Waals surface area contributed by atoms with Crippen LogP contribution in [0.1, 0.15) is 34.1 Å². The van der Waals surface area contributed by atoms with Crippen molar-refractivity contribution in [1.82, 2.24) is 0 Å². The fraction of sp³-hybridized carbons (Fsp3) is 0.526. The summed E-state index contributed by atoms with van der Waals surface area (Å²) < 4.78 is 5.65. The van der Waals surface area contributed by atoms with Gasteiger partial charge in [0.1, 0.15) is 11.9 Å². The SMILES string of the molecule is CCC(C)/C=C(C)/C=C/C1=CC2=C(Cl)C(=O)[C@](C)(O)[C@H](O)[C@H]2CO1. The van der Waals surface area contributed by atoms with Crippen LogP contribution < -0.4 is 0 Å². The van der Waals surface area contributed by atoms with Crippen LogP contribution in [0.15, 0.2) is 46.2 Å². The molecule has 0 saturated heterocycles. The fourth-order valence-electron chi connectivity index (χ4n) is 2.88. The molecule has 0 amide bonds. The van der Waals surface area contributed by atoms with Crippen LogP contribution in [-0.4, -0.2) is 34.3 Å². The second kappa shape index (κ2) is 7.26. The third-order valence-corrected chi connectivity index (χ3v) is 5.09. The molecule has 0 radical (unpaired) electrons. The Morgan fingerprint density at radius 2 is 2.25 bits per heavy atom. The quantitative estimate of drug-likeness (QED) is 0.762. The Kier molecular flexibility index (Phi) is 5.74. The van der Waals surface area contributed by atoms with Crippen LogP contribution >= 0.6 is 11.6 Å². The van der Waals surface area contributed by atoms with Crippen molar-refractivity contribution in [2.75, 3.05) is 6.61 Å². The minimum Gasteiger partial charge on any atom is -0.493 e. The molecule has 1 aliphatic heterocycles. The molecule has 4 nitrogen and oxygen atoms in total. The minimum atomic E-state index is -1.88. The predicted octanol–water partition coefficient (Wildman–Crippen LogP) is 3.25. The lowest BCUT2D eigenvalue weighted by molar-refractivity contribution is -0.150. The zero-order valence-corrected chi connectivity index (χ0v) is 15.3. The summed E-state index contributed by atoms with van der Waals surface area (Å²) in [5.74, 6) is -0.0834. The third-order valence-electron chi connectivity index (χ3n) is 4.70. The number of aliphatic hydroxyl groups is 2. The van der Waals surface area contributed by atoms with Gasteiger partial charge in [0.2, 0.25) is 5.78 Å². The van der Waals surface area contributed by atoms with Gasteiger partial charge in [-0.3, -0.25) is 4.79 Å². The molecule has 1 unspecified atom stereocenters. The van der Waals surface area contributed by atoms with Crippen LogP contribution in [0.3, 0.4) is 0 Å². The highest BCUT2D eigenvalue weighted by atomic mass is 35.5. The number of carbonyl (C=O) groups excluding carboxylic acids is 1. The van der Waals surface area contributed by atoms with Gasteiger partial charge in [0.25, 0.3) is 0 Å². The van der Waals surface area contributed by atoms with E-state index in [2.05, 4.69) is 19.9 Å². The zero-order valence-electron chi connectivity index (χ0n) is 14.5. The van der Waals surface area contributed by atoms with E-state index in [9.17, 15) is 15.0 Å². The molecule has 0 bridgehead atoms. The molecule has 1 aliphatic carbocycles. The predicted molar refractivity (Wildman–Crippen MR) is 94.4 cm³/mol. The Bertz CT molecular complexity index is 640. The van der Waals surface area contributed by atoms with E-state index in [4.69, 9.17) is 16.3 Å². The number of carbonyl (C=O) groups is 1. The number of fused-ring (bicyclic) bond motifs is 1. The maximum Gasteiger partial charge on any atom is 0.208 e. The van der Waals surface area contributed by atoms with Crippen molar-refractivity contribution in [1.29, 1.82) is 0 Å². The van der Waals surface area contributed by atoms with Crippen molar-refractivity contribution in [2.45, 2.75) is 45.8 Å². The number of ketones is 1. The summed E-state index contributed by atoms with van der Waals surface area (Å²) in [7, 11) is 0. The van der Waals surface area contributed by atoms with Crippen LogP contribution in [0, 0.1) is 11.8 Å². The molecular formula is C19H25ClO4. The Labute approximate surface area is 148 Å². The molecule has 0 aromatic heterocycles. The summed E-state index contributed by atoms with van der Waals surface area (Å²) >= 11 is 6.13. The number of Topliss-reactive ketones (excluding diaryl/α,β-unsaturated/α-hetero) is 1. The van der Waals surface area contributed by atoms with Crippen molar-refractivity contribution in [2.24, 2.45) is 11.8 Å². The highest BCUT2D eigenvalue weighted by Gasteiger charge is 2.50. The van der Waals surface area contributed by atoms with Gasteiger partial charge in [-0.2, -0.15) is 0 Å². The number of allylic oxidation sites excluding steroid dienone is 5. The Morgan fingerprint density at radius 1 is 1.58 bits per heavy atom. The van der Waals surface area contributed by atoms with Gasteiger partial charge >= 0.3 is 0 Å². The number of halogens is 1. The lowest BCUT2D eigenvalue weighted by atomic mass is 9.75. The van der Waals surface area contributed by atoms with Crippen LogP contribution in [0.2, 0.25) is 0 Å². The largest absolute Gasteiger partial charge is 0.493 e. The summed E-state index contributed by atoms with van der Waals surface area (Å²) in [4.78, 5) is 12.1. The monoisotopic (exact) mass is 352 g/mol. The van der Waals surface area contributed by atoms with Gasteiger partial charge in [0.15, 0.2) is 5.60 Å². The van der Waals surface area contributed by atoms with Crippen LogP contribution in [0.4, 0.5) is 0 Å². The first-order valence-electron chi connectivity index (χ1n) is 8.24. The molecule has 132 valence electrons. The topological polar surface area (TPSA) is 66.8 Å². The number of hydrogen-bond donors (Lipinski definition) is 2. The lowest BCUT2D eigenvalue weighted by Crippen LogP contribution is -2.55. The normalized spacial score (nSPS) is 32.5. The molecule has 0 saturated carbocycles. The van der Waals surface area contributed by atoms with Gasteiger partial charge in [0.05, 0.1) is 11.6 Å². The Balaban J connectivity index is 2.28. The summed E-state index contributed by atoms with van der Waals surface area (Å²) in [5, 5.41) is 20.4. The molecular weight excluding hydrogens is 328 g/mol. The average Bonchev–Trinajstić information content (AvgIpc) is 2.56. The minimum absolute atomic E-state index is 0.0311. The maximum atomic E-state index is 12.1. The Hall–Kier alpha value is -1.36. The highest BCUT2D eigenvalue weighted by Crippen LogP contribution is 2.40. The van der Waals surface area contributed by atoms with E-state index in [0.717, 1.165) is 12.0 Å². The van der Waals surface area contributed by atoms with E-state index in [1.807, 2.05) is 19.1 Å². The van der Waals surface area contributed by atoms with Crippen molar-refractivity contribution < 1.29 is 19.7 Å². The fourth-order valence-corrected chi connectivity index (χ4v) is 3.26. The van der Waals surface area contributed by atoms with E-state index in [1.165, 1.54) is 6.92 Å². The van der Waals surface area contributed by atoms with Crippen LogP contribution in [0.5, 0.6) is 0 Å². The van der Waals surface area contributed by atoms with Crippen molar-refractivity contribution in [3.63, 3.8) is 0 Å². The van der Waals surface area contributed by atoms with Gasteiger partial charge in [0, 0.05) is 5.92 Å². The molecule has 1 heterocycles. The second-order valence-electron chi connectivity index (χ2n) is 6.78. The first kappa shape index (κ1) is 19.0. The van der Waals surface area contributed by atoms with E-state index in [0.29, 0.717) is 17.3 Å². The standard InChI is InChI=1S/C19H25ClO4/c1-5-11(2)8-12(3)6-7-13-9-14-15(10-24-13)17(21)19(4,23)18(22)16(14)20/h6-9,11,15,17,21,23H,5,10H2,1-4H3/b7-6+,12-8+/t11?,15-,17+,19+/m0/s1. The van der Waals surface area contributed by atoms with Crippen molar-refractivity contribution >= 4 is 17.4 Å². The van der Waals surface area contributed by atoms with Gasteiger partial charge in [-0.25, -0.2) is 0 Å². The molecule has 24 heavy (non-hydrogen) atoms. The van der Waals surface area contributed by atoms with Gasteiger partial charge in [-0.15, -0.1) is 0 Å². The van der Waals surface area contributed by atoms with Gasteiger partial charge in [-0.1, -0.05) is 49.6 Å². The number of aliphatic hydroxyl groups excluding tert-OH is 1. The molecule has 5 heteroatoms. The van der Waals surface area contributed by atoms with Crippen molar-refractivity contribution in [3.8, 4) is 0 Å². The van der Waals surface area contributed by atoms with Gasteiger partial charge < -0.3 is 14.9 Å². The first-order chi connectivity index (χ1) is 11.2. The number of rotatable bonds is 4. The molecule has 0 aromatic rings. The van der Waals surface area contributed by atoms with E-state index < -0.39 is 23.4 Å². The Morgan fingerprint density at radius 3 is 2.88 bits per heavy atom. The van der Waals surface area contributed by atoms with Gasteiger partial charge in [-0.05, 0) is 37.5 Å². The summed E-state index contributed by atoms with van der Waals surface area (Å²) in [6.45, 7) is 7.76. The molecule has 0 spiro atoms. The highest BCUT2D eigenvalue weighted by molar-refractivity contribution is 6.44. The van der Waals surface area contributed by atoms with Crippen molar-refractivity contribution in [3.05, 3.63) is 46.2 Å². The maximum absolute atomic E-state index is 12.1. The molecule has 0 fully saturated rings. The average molecular weight is 353 g/mol. The smallest absolute Gasteiger partial charge is 0.208 e. The lowest BCUT2D eigenvalue weighted by Gasteiger charge is -2.40. The first-order valence-corrected chi connectivity index (χ1v) is 8.62. The molecule has 4 atom stereocenters. The van der Waals surface area contributed by atoms with Crippen LogP contribution in [0.25, 0.3) is 0 Å². The third kappa shape index (κ3) is 3.66. The van der Waals surface area contributed by atoms with E-state index in [1.54, 1.807) is 6.08 Å². The van der Waals surface area contributed by atoms with E-state index in [-0.39, 0.29) is 11.6 Å².